The zero-order valence-corrected chi connectivity index (χ0v) is 11.7. The highest BCUT2D eigenvalue weighted by molar-refractivity contribution is 5.93. The largest absolute Gasteiger partial charge is 0.496 e. The Kier molecular flexibility index (Phi) is 3.68. The van der Waals surface area contributed by atoms with E-state index in [1.54, 1.807) is 19.4 Å². The number of benzene rings is 1. The molecule has 0 unspecified atom stereocenters. The molecule has 0 atom stereocenters. The Balaban J connectivity index is 1.63. The number of carbonyl (C=O) groups excluding carboxylic acids is 1. The van der Waals surface area contributed by atoms with E-state index in [1.807, 2.05) is 24.3 Å². The van der Waals surface area contributed by atoms with Crippen molar-refractivity contribution in [1.82, 2.24) is 15.6 Å². The smallest absolute Gasteiger partial charge is 0.291 e. The van der Waals surface area contributed by atoms with Gasteiger partial charge in [-0.25, -0.2) is 5.43 Å². The lowest BCUT2D eigenvalue weighted by atomic mass is 10.2. The molecule has 1 heterocycles. The highest BCUT2D eigenvalue weighted by atomic mass is 16.5. The van der Waals surface area contributed by atoms with Gasteiger partial charge in [0.15, 0.2) is 5.69 Å². The van der Waals surface area contributed by atoms with Crippen LogP contribution < -0.4 is 10.2 Å². The molecule has 1 aromatic carbocycles. The maximum atomic E-state index is 11.9. The lowest BCUT2D eigenvalue weighted by Gasteiger charge is -2.02. The third-order valence-electron chi connectivity index (χ3n) is 3.36. The van der Waals surface area contributed by atoms with Gasteiger partial charge in [0, 0.05) is 17.2 Å². The van der Waals surface area contributed by atoms with Crippen LogP contribution in [0.5, 0.6) is 5.75 Å². The topological polar surface area (TPSA) is 79.4 Å². The van der Waals surface area contributed by atoms with Crippen LogP contribution in [0, 0.1) is 0 Å². The molecule has 0 saturated heterocycles. The Labute approximate surface area is 122 Å². The fourth-order valence-corrected chi connectivity index (χ4v) is 2.05. The SMILES string of the molecule is COc1ccccc1/C=N\NC(=O)c1cc(C2CC2)[nH]n1. The molecule has 21 heavy (non-hydrogen) atoms. The van der Waals surface area contributed by atoms with Gasteiger partial charge < -0.3 is 4.74 Å². The van der Waals surface area contributed by atoms with Gasteiger partial charge in [-0.05, 0) is 31.0 Å². The van der Waals surface area contributed by atoms with Crippen LogP contribution in [0.3, 0.4) is 0 Å². The molecule has 1 aliphatic rings. The first-order chi connectivity index (χ1) is 10.3. The number of methoxy groups -OCH3 is 1. The Morgan fingerprint density at radius 3 is 3.05 bits per heavy atom. The molecule has 2 aromatic rings. The maximum Gasteiger partial charge on any atom is 0.291 e. The van der Waals surface area contributed by atoms with Crippen LogP contribution in [0.1, 0.15) is 40.5 Å². The van der Waals surface area contributed by atoms with Crippen molar-refractivity contribution in [1.29, 1.82) is 0 Å². The Morgan fingerprint density at radius 1 is 1.48 bits per heavy atom. The summed E-state index contributed by atoms with van der Waals surface area (Å²) >= 11 is 0. The first-order valence-electron chi connectivity index (χ1n) is 6.79. The van der Waals surface area contributed by atoms with Crippen molar-refractivity contribution in [2.45, 2.75) is 18.8 Å². The van der Waals surface area contributed by atoms with E-state index < -0.39 is 0 Å². The summed E-state index contributed by atoms with van der Waals surface area (Å²) in [5.74, 6) is 0.909. The van der Waals surface area contributed by atoms with Gasteiger partial charge >= 0.3 is 0 Å². The Bertz CT molecular complexity index is 674. The number of amides is 1. The van der Waals surface area contributed by atoms with Crippen LogP contribution in [-0.2, 0) is 0 Å². The van der Waals surface area contributed by atoms with E-state index in [9.17, 15) is 4.79 Å². The van der Waals surface area contributed by atoms with Gasteiger partial charge in [0.25, 0.3) is 5.91 Å². The van der Waals surface area contributed by atoms with Crippen LogP contribution in [0.2, 0.25) is 0 Å². The molecular weight excluding hydrogens is 268 g/mol. The van der Waals surface area contributed by atoms with E-state index in [4.69, 9.17) is 4.74 Å². The van der Waals surface area contributed by atoms with E-state index in [0.717, 1.165) is 24.1 Å². The minimum Gasteiger partial charge on any atom is -0.496 e. The van der Waals surface area contributed by atoms with Gasteiger partial charge in [-0.2, -0.15) is 10.2 Å². The Hall–Kier alpha value is -2.63. The Morgan fingerprint density at radius 2 is 2.29 bits per heavy atom. The van der Waals surface area contributed by atoms with Crippen molar-refractivity contribution in [2.24, 2.45) is 5.10 Å². The standard InChI is InChI=1S/C15H16N4O2/c1-21-14-5-3-2-4-11(14)9-16-19-15(20)13-8-12(17-18-13)10-6-7-10/h2-5,8-10H,6-7H2,1H3,(H,17,18)(H,19,20)/b16-9-. The predicted molar refractivity (Wildman–Crippen MR) is 78.6 cm³/mol. The summed E-state index contributed by atoms with van der Waals surface area (Å²) in [5.41, 5.74) is 4.63. The van der Waals surface area contributed by atoms with Crippen LogP contribution in [0.15, 0.2) is 35.4 Å². The van der Waals surface area contributed by atoms with Crippen LogP contribution >= 0.6 is 0 Å². The van der Waals surface area contributed by atoms with E-state index in [-0.39, 0.29) is 5.91 Å². The number of aromatic nitrogens is 2. The first kappa shape index (κ1) is 13.4. The maximum absolute atomic E-state index is 11.9. The van der Waals surface area contributed by atoms with Gasteiger partial charge in [0.2, 0.25) is 0 Å². The highest BCUT2D eigenvalue weighted by Gasteiger charge is 2.26. The normalized spacial score (nSPS) is 14.3. The van der Waals surface area contributed by atoms with Gasteiger partial charge in [0.1, 0.15) is 5.75 Å². The van der Waals surface area contributed by atoms with E-state index in [1.165, 1.54) is 0 Å². The fraction of sp³-hybridized carbons (Fsp3) is 0.267. The second kappa shape index (κ2) is 5.78. The van der Waals surface area contributed by atoms with Gasteiger partial charge in [-0.15, -0.1) is 0 Å². The second-order valence-electron chi connectivity index (χ2n) is 4.92. The molecule has 2 N–H and O–H groups in total. The summed E-state index contributed by atoms with van der Waals surface area (Å²) in [6.07, 6.45) is 3.87. The zero-order chi connectivity index (χ0) is 14.7. The zero-order valence-electron chi connectivity index (χ0n) is 11.7. The number of ether oxygens (including phenoxy) is 1. The van der Waals surface area contributed by atoms with Crippen molar-refractivity contribution in [2.75, 3.05) is 7.11 Å². The monoisotopic (exact) mass is 284 g/mol. The molecule has 1 aliphatic carbocycles. The molecule has 6 heteroatoms. The lowest BCUT2D eigenvalue weighted by Crippen LogP contribution is -2.18. The minimum atomic E-state index is -0.329. The molecule has 3 rings (SSSR count). The third-order valence-corrected chi connectivity index (χ3v) is 3.36. The highest BCUT2D eigenvalue weighted by Crippen LogP contribution is 2.38. The summed E-state index contributed by atoms with van der Waals surface area (Å²) in [6, 6.07) is 9.22. The number of hydrogen-bond donors (Lipinski definition) is 2. The molecule has 1 fully saturated rings. The molecule has 0 radical (unpaired) electrons. The second-order valence-corrected chi connectivity index (χ2v) is 4.92. The first-order valence-corrected chi connectivity index (χ1v) is 6.79. The van der Waals surface area contributed by atoms with Crippen LogP contribution in [-0.4, -0.2) is 29.4 Å². The van der Waals surface area contributed by atoms with Crippen molar-refractivity contribution in [3.8, 4) is 5.75 Å². The summed E-state index contributed by atoms with van der Waals surface area (Å²) in [6.45, 7) is 0. The number of nitrogens with zero attached hydrogens (tertiary/aromatic N) is 2. The van der Waals surface area contributed by atoms with Crippen LogP contribution in [0.4, 0.5) is 0 Å². The molecule has 1 saturated carbocycles. The molecule has 1 amide bonds. The van der Waals surface area contributed by atoms with Crippen molar-refractivity contribution < 1.29 is 9.53 Å². The van der Waals surface area contributed by atoms with Gasteiger partial charge in [-0.3, -0.25) is 9.89 Å². The fourth-order valence-electron chi connectivity index (χ4n) is 2.05. The summed E-state index contributed by atoms with van der Waals surface area (Å²) in [5, 5.41) is 10.8. The average molecular weight is 284 g/mol. The quantitative estimate of drug-likeness (QED) is 0.651. The molecule has 108 valence electrons. The summed E-state index contributed by atoms with van der Waals surface area (Å²) < 4.78 is 5.20. The average Bonchev–Trinajstić information content (AvgIpc) is 3.25. The number of H-pyrrole nitrogens is 1. The minimum absolute atomic E-state index is 0.329. The lowest BCUT2D eigenvalue weighted by molar-refractivity contribution is 0.0950. The number of hydrogen-bond acceptors (Lipinski definition) is 4. The predicted octanol–water partition coefficient (Wildman–Crippen LogP) is 2.06. The van der Waals surface area contributed by atoms with E-state index in [2.05, 4.69) is 20.7 Å². The molecule has 6 nitrogen and oxygen atoms in total. The molecule has 0 aliphatic heterocycles. The van der Waals surface area contributed by atoms with E-state index in [0.29, 0.717) is 17.4 Å². The molecule has 0 bridgehead atoms. The molecule has 1 aromatic heterocycles. The number of para-hydroxylation sites is 1. The van der Waals surface area contributed by atoms with Crippen LogP contribution in [0.25, 0.3) is 0 Å². The molecule has 0 spiro atoms. The van der Waals surface area contributed by atoms with Crippen molar-refractivity contribution >= 4 is 12.1 Å². The third kappa shape index (κ3) is 3.10. The number of hydrazone groups is 1. The van der Waals surface area contributed by atoms with Crippen molar-refractivity contribution in [3.05, 3.63) is 47.3 Å². The number of rotatable bonds is 5. The summed E-state index contributed by atoms with van der Waals surface area (Å²) in [4.78, 5) is 11.9. The van der Waals surface area contributed by atoms with E-state index >= 15 is 0 Å². The molecular formula is C15H16N4O2. The van der Waals surface area contributed by atoms with Crippen molar-refractivity contribution in [3.63, 3.8) is 0 Å². The van der Waals surface area contributed by atoms with Gasteiger partial charge in [0.05, 0.1) is 13.3 Å². The number of nitrogens with one attached hydrogen (secondary N) is 2. The summed E-state index contributed by atoms with van der Waals surface area (Å²) in [7, 11) is 1.59. The number of carbonyl (C=O) groups is 1. The number of aromatic amines is 1. The van der Waals surface area contributed by atoms with Gasteiger partial charge in [-0.1, -0.05) is 12.1 Å².